The zero-order chi connectivity index (χ0) is 16.2. The molecule has 1 N–H and O–H groups in total. The quantitative estimate of drug-likeness (QED) is 0.904. The van der Waals surface area contributed by atoms with Gasteiger partial charge in [0.25, 0.3) is 11.5 Å². The van der Waals surface area contributed by atoms with E-state index in [1.165, 1.54) is 12.1 Å². The van der Waals surface area contributed by atoms with Gasteiger partial charge in [0.2, 0.25) is 0 Å². The number of piperazine rings is 1. The highest BCUT2D eigenvalue weighted by Crippen LogP contribution is 2.28. The van der Waals surface area contributed by atoms with Crippen LogP contribution in [0.2, 0.25) is 0 Å². The predicted molar refractivity (Wildman–Crippen MR) is 86.0 cm³/mol. The van der Waals surface area contributed by atoms with E-state index in [4.69, 9.17) is 4.74 Å². The Balaban J connectivity index is 1.67. The second-order valence-corrected chi connectivity index (χ2v) is 5.26. The van der Waals surface area contributed by atoms with E-state index in [2.05, 4.69) is 15.1 Å². The number of carbonyl (C=O) groups is 1. The Morgan fingerprint density at radius 1 is 1.13 bits per heavy atom. The SMILES string of the molecule is COc1ccccc1N1CCN(C(=O)c2ccc(=O)[nH]n2)CC1. The number of hydrogen-bond donors (Lipinski definition) is 1. The van der Waals surface area contributed by atoms with Crippen LogP contribution >= 0.6 is 0 Å². The highest BCUT2D eigenvalue weighted by molar-refractivity contribution is 5.92. The van der Waals surface area contributed by atoms with Crippen molar-refractivity contribution in [3.05, 3.63) is 52.4 Å². The van der Waals surface area contributed by atoms with E-state index < -0.39 is 0 Å². The molecule has 2 heterocycles. The van der Waals surface area contributed by atoms with Crippen LogP contribution in [0.1, 0.15) is 10.5 Å². The molecule has 23 heavy (non-hydrogen) atoms. The van der Waals surface area contributed by atoms with Gasteiger partial charge < -0.3 is 14.5 Å². The molecule has 0 aliphatic carbocycles. The van der Waals surface area contributed by atoms with Crippen LogP contribution in [0, 0.1) is 0 Å². The third-order valence-corrected chi connectivity index (χ3v) is 3.89. The van der Waals surface area contributed by atoms with Crippen LogP contribution < -0.4 is 15.2 Å². The summed E-state index contributed by atoms with van der Waals surface area (Å²) in [5, 5.41) is 6.09. The monoisotopic (exact) mass is 314 g/mol. The van der Waals surface area contributed by atoms with Gasteiger partial charge in [0, 0.05) is 32.2 Å². The molecule has 1 saturated heterocycles. The molecular weight excluding hydrogens is 296 g/mol. The summed E-state index contributed by atoms with van der Waals surface area (Å²) >= 11 is 0. The van der Waals surface area contributed by atoms with E-state index in [-0.39, 0.29) is 17.2 Å². The number of nitrogens with zero attached hydrogens (tertiary/aromatic N) is 3. The lowest BCUT2D eigenvalue weighted by Crippen LogP contribution is -2.49. The number of benzene rings is 1. The van der Waals surface area contributed by atoms with Crippen molar-refractivity contribution in [1.29, 1.82) is 0 Å². The summed E-state index contributed by atoms with van der Waals surface area (Å²) in [5.74, 6) is 0.663. The van der Waals surface area contributed by atoms with E-state index >= 15 is 0 Å². The summed E-state index contributed by atoms with van der Waals surface area (Å²) in [7, 11) is 1.65. The average Bonchev–Trinajstić information content (AvgIpc) is 2.62. The molecule has 0 spiro atoms. The molecule has 1 fully saturated rings. The molecule has 1 aliphatic rings. The molecule has 1 amide bonds. The maximum Gasteiger partial charge on any atom is 0.274 e. The number of amides is 1. The second kappa shape index (κ2) is 6.51. The number of rotatable bonds is 3. The summed E-state index contributed by atoms with van der Waals surface area (Å²) in [5.41, 5.74) is 0.974. The van der Waals surface area contributed by atoms with E-state index in [9.17, 15) is 9.59 Å². The third-order valence-electron chi connectivity index (χ3n) is 3.89. The summed E-state index contributed by atoms with van der Waals surface area (Å²) in [6.45, 7) is 2.63. The van der Waals surface area contributed by atoms with E-state index in [0.717, 1.165) is 24.5 Å². The van der Waals surface area contributed by atoms with Crippen molar-refractivity contribution < 1.29 is 9.53 Å². The summed E-state index contributed by atoms with van der Waals surface area (Å²) < 4.78 is 5.39. The number of nitrogens with one attached hydrogen (secondary N) is 1. The van der Waals surface area contributed by atoms with Crippen LogP contribution in [-0.2, 0) is 0 Å². The number of aromatic amines is 1. The molecule has 0 bridgehead atoms. The van der Waals surface area contributed by atoms with Gasteiger partial charge in [0.15, 0.2) is 0 Å². The normalized spacial score (nSPS) is 14.7. The van der Waals surface area contributed by atoms with Gasteiger partial charge in [-0.2, -0.15) is 5.10 Å². The zero-order valence-electron chi connectivity index (χ0n) is 12.9. The van der Waals surface area contributed by atoms with Gasteiger partial charge in [0.1, 0.15) is 11.4 Å². The van der Waals surface area contributed by atoms with Crippen LogP contribution in [0.4, 0.5) is 5.69 Å². The first kappa shape index (κ1) is 15.1. The minimum absolute atomic E-state index is 0.166. The molecule has 1 aromatic carbocycles. The van der Waals surface area contributed by atoms with Crippen LogP contribution in [0.3, 0.4) is 0 Å². The molecule has 0 saturated carbocycles. The van der Waals surface area contributed by atoms with Crippen molar-refractivity contribution in [2.24, 2.45) is 0 Å². The Morgan fingerprint density at radius 2 is 1.87 bits per heavy atom. The zero-order valence-corrected chi connectivity index (χ0v) is 12.9. The highest BCUT2D eigenvalue weighted by atomic mass is 16.5. The fourth-order valence-electron chi connectivity index (χ4n) is 2.67. The van der Waals surface area contributed by atoms with Crippen molar-refractivity contribution in [1.82, 2.24) is 15.1 Å². The molecule has 1 aromatic heterocycles. The van der Waals surface area contributed by atoms with Crippen LogP contribution in [0.25, 0.3) is 0 Å². The number of carbonyl (C=O) groups excluding carboxylic acids is 1. The Morgan fingerprint density at radius 3 is 2.52 bits per heavy atom. The van der Waals surface area contributed by atoms with Gasteiger partial charge in [-0.25, -0.2) is 5.10 Å². The number of methoxy groups -OCH3 is 1. The third kappa shape index (κ3) is 3.18. The van der Waals surface area contributed by atoms with Crippen molar-refractivity contribution in [2.75, 3.05) is 38.2 Å². The first-order chi connectivity index (χ1) is 11.2. The molecule has 0 unspecified atom stereocenters. The Kier molecular flexibility index (Phi) is 4.27. The number of anilines is 1. The van der Waals surface area contributed by atoms with Gasteiger partial charge in [-0.05, 0) is 18.2 Å². The summed E-state index contributed by atoms with van der Waals surface area (Å²) in [6, 6.07) is 10.6. The first-order valence-electron chi connectivity index (χ1n) is 7.42. The van der Waals surface area contributed by atoms with E-state index in [0.29, 0.717) is 13.1 Å². The minimum atomic E-state index is -0.317. The van der Waals surface area contributed by atoms with Crippen molar-refractivity contribution in [3.8, 4) is 5.75 Å². The number of hydrogen-bond acceptors (Lipinski definition) is 5. The summed E-state index contributed by atoms with van der Waals surface area (Å²) in [4.78, 5) is 27.3. The maximum atomic E-state index is 12.4. The Hall–Kier alpha value is -2.83. The lowest BCUT2D eigenvalue weighted by Gasteiger charge is -2.36. The fourth-order valence-corrected chi connectivity index (χ4v) is 2.67. The molecule has 2 aromatic rings. The molecule has 7 nitrogen and oxygen atoms in total. The van der Waals surface area contributed by atoms with Gasteiger partial charge in [-0.15, -0.1) is 0 Å². The second-order valence-electron chi connectivity index (χ2n) is 5.26. The lowest BCUT2D eigenvalue weighted by atomic mass is 10.2. The summed E-state index contributed by atoms with van der Waals surface area (Å²) in [6.07, 6.45) is 0. The van der Waals surface area contributed by atoms with Crippen molar-refractivity contribution >= 4 is 11.6 Å². The molecule has 3 rings (SSSR count). The van der Waals surface area contributed by atoms with Crippen molar-refractivity contribution in [3.63, 3.8) is 0 Å². The molecule has 120 valence electrons. The topological polar surface area (TPSA) is 78.5 Å². The van der Waals surface area contributed by atoms with E-state index in [1.807, 2.05) is 24.3 Å². The maximum absolute atomic E-state index is 12.4. The van der Waals surface area contributed by atoms with Gasteiger partial charge >= 0.3 is 0 Å². The van der Waals surface area contributed by atoms with Gasteiger partial charge in [-0.1, -0.05) is 12.1 Å². The standard InChI is InChI=1S/C16H18N4O3/c1-23-14-5-3-2-4-13(14)19-8-10-20(11-9-19)16(22)12-6-7-15(21)18-17-12/h2-7H,8-11H2,1H3,(H,18,21). The predicted octanol–water partition coefficient (Wildman–Crippen LogP) is 0.741. The largest absolute Gasteiger partial charge is 0.495 e. The Labute approximate surface area is 133 Å². The number of ether oxygens (including phenoxy) is 1. The molecule has 7 heteroatoms. The van der Waals surface area contributed by atoms with Crippen LogP contribution in [0.5, 0.6) is 5.75 Å². The highest BCUT2D eigenvalue weighted by Gasteiger charge is 2.24. The molecule has 0 radical (unpaired) electrons. The molecule has 0 atom stereocenters. The van der Waals surface area contributed by atoms with Crippen LogP contribution in [0.15, 0.2) is 41.2 Å². The first-order valence-corrected chi connectivity index (χ1v) is 7.42. The van der Waals surface area contributed by atoms with E-state index in [1.54, 1.807) is 12.0 Å². The number of H-pyrrole nitrogens is 1. The Bertz CT molecular complexity index is 730. The fraction of sp³-hybridized carbons (Fsp3) is 0.312. The van der Waals surface area contributed by atoms with Gasteiger partial charge in [0.05, 0.1) is 12.8 Å². The van der Waals surface area contributed by atoms with Gasteiger partial charge in [-0.3, -0.25) is 9.59 Å². The number of para-hydroxylation sites is 2. The number of aromatic nitrogens is 2. The molecular formula is C16H18N4O3. The average molecular weight is 314 g/mol. The van der Waals surface area contributed by atoms with Crippen molar-refractivity contribution in [2.45, 2.75) is 0 Å². The van der Waals surface area contributed by atoms with Crippen LogP contribution in [-0.4, -0.2) is 54.3 Å². The smallest absolute Gasteiger partial charge is 0.274 e. The lowest BCUT2D eigenvalue weighted by molar-refractivity contribution is 0.0739. The molecule has 1 aliphatic heterocycles. The minimum Gasteiger partial charge on any atom is -0.495 e.